The van der Waals surface area contributed by atoms with E-state index >= 15 is 0 Å². The lowest BCUT2D eigenvalue weighted by molar-refractivity contribution is -0.138. The van der Waals surface area contributed by atoms with E-state index in [0.717, 1.165) is 11.3 Å². The van der Waals surface area contributed by atoms with E-state index in [1.54, 1.807) is 0 Å². The number of tetrazole rings is 1. The van der Waals surface area contributed by atoms with E-state index in [0.29, 0.717) is 17.5 Å². The van der Waals surface area contributed by atoms with Gasteiger partial charge < -0.3 is 9.84 Å². The van der Waals surface area contributed by atoms with Crippen molar-refractivity contribution in [2.75, 3.05) is 12.4 Å². The molecule has 2 rings (SSSR count). The van der Waals surface area contributed by atoms with E-state index in [9.17, 15) is 4.79 Å². The zero-order valence-electron chi connectivity index (χ0n) is 10.9. The molecule has 2 aromatic rings. The van der Waals surface area contributed by atoms with E-state index in [4.69, 9.17) is 9.84 Å². The van der Waals surface area contributed by atoms with Crippen LogP contribution in [0.25, 0.3) is 0 Å². The molecule has 0 aliphatic carbocycles. The molecule has 1 heterocycles. The molecule has 0 aliphatic heterocycles. The minimum Gasteiger partial charge on any atom is -0.492 e. The van der Waals surface area contributed by atoms with E-state index in [1.165, 1.54) is 16.4 Å². The molecule has 0 saturated carbocycles. The van der Waals surface area contributed by atoms with Crippen LogP contribution in [0.5, 0.6) is 5.75 Å². The molecule has 1 N–H and O–H groups in total. The molecule has 8 heteroatoms. The summed E-state index contributed by atoms with van der Waals surface area (Å²) in [5, 5.41) is 20.0. The number of ether oxygens (including phenoxy) is 1. The Kier molecular flexibility index (Phi) is 4.94. The molecular weight excluding hydrogens is 280 g/mol. The summed E-state index contributed by atoms with van der Waals surface area (Å²) in [5.41, 5.74) is 1.08. The number of hydrogen-bond donors (Lipinski definition) is 1. The van der Waals surface area contributed by atoms with Crippen molar-refractivity contribution < 1.29 is 14.6 Å². The van der Waals surface area contributed by atoms with Crippen molar-refractivity contribution >= 4 is 17.7 Å². The zero-order chi connectivity index (χ0) is 14.4. The normalized spacial score (nSPS) is 10.4. The smallest absolute Gasteiger partial charge is 0.325 e. The van der Waals surface area contributed by atoms with Gasteiger partial charge in [-0.1, -0.05) is 30.0 Å². The molecular formula is C12H14N4O3S. The highest BCUT2D eigenvalue weighted by Crippen LogP contribution is 2.18. The van der Waals surface area contributed by atoms with E-state index < -0.39 is 5.97 Å². The number of nitrogens with zero attached hydrogens (tertiary/aromatic N) is 4. The van der Waals surface area contributed by atoms with Crippen LogP contribution in [0.3, 0.4) is 0 Å². The second-order valence-corrected chi connectivity index (χ2v) is 5.04. The van der Waals surface area contributed by atoms with Crippen LogP contribution in [0.4, 0.5) is 0 Å². The number of carboxylic acids is 1. The number of aliphatic carboxylic acids is 1. The lowest BCUT2D eigenvalue weighted by atomic mass is 10.2. The van der Waals surface area contributed by atoms with Crippen LogP contribution in [-0.4, -0.2) is 43.6 Å². The van der Waals surface area contributed by atoms with Gasteiger partial charge in [0.15, 0.2) is 0 Å². The van der Waals surface area contributed by atoms with Crippen molar-refractivity contribution in [2.45, 2.75) is 18.6 Å². The first-order valence-electron chi connectivity index (χ1n) is 5.96. The van der Waals surface area contributed by atoms with E-state index in [1.807, 2.05) is 31.2 Å². The quantitative estimate of drug-likeness (QED) is 0.607. The average Bonchev–Trinajstić information content (AvgIpc) is 2.83. The van der Waals surface area contributed by atoms with Crippen molar-refractivity contribution in [2.24, 2.45) is 0 Å². The molecule has 7 nitrogen and oxygen atoms in total. The van der Waals surface area contributed by atoms with Gasteiger partial charge in [-0.25, -0.2) is 4.68 Å². The second-order valence-electron chi connectivity index (χ2n) is 3.98. The third-order valence-corrected chi connectivity index (χ3v) is 3.37. The molecule has 0 fully saturated rings. The van der Waals surface area contributed by atoms with E-state index in [-0.39, 0.29) is 6.54 Å². The minimum absolute atomic E-state index is 0.242. The number of carbonyl (C=O) groups is 1. The molecule has 0 bridgehead atoms. The molecule has 0 aliphatic rings. The number of benzene rings is 1. The van der Waals surface area contributed by atoms with Gasteiger partial charge in [-0.3, -0.25) is 4.79 Å². The highest BCUT2D eigenvalue weighted by molar-refractivity contribution is 7.99. The van der Waals surface area contributed by atoms with Crippen LogP contribution >= 0.6 is 11.8 Å². The molecule has 0 unspecified atom stereocenters. The SMILES string of the molecule is Cc1ccccc1OCCSc1nnnn1CC(=O)O. The Morgan fingerprint density at radius 2 is 2.25 bits per heavy atom. The number of carboxylic acid groups (broad SMARTS) is 1. The summed E-state index contributed by atoms with van der Waals surface area (Å²) in [4.78, 5) is 10.6. The first-order chi connectivity index (χ1) is 9.66. The minimum atomic E-state index is -0.977. The maximum atomic E-state index is 10.6. The van der Waals surface area contributed by atoms with Gasteiger partial charge in [-0.05, 0) is 29.0 Å². The number of para-hydroxylation sites is 1. The van der Waals surface area contributed by atoms with Gasteiger partial charge in [-0.15, -0.1) is 5.10 Å². The van der Waals surface area contributed by atoms with Crippen molar-refractivity contribution in [3.63, 3.8) is 0 Å². The Morgan fingerprint density at radius 3 is 3.00 bits per heavy atom. The van der Waals surface area contributed by atoms with Gasteiger partial charge in [0.1, 0.15) is 12.3 Å². The van der Waals surface area contributed by atoms with Crippen molar-refractivity contribution in [1.82, 2.24) is 20.2 Å². The van der Waals surface area contributed by atoms with Crippen molar-refractivity contribution in [3.05, 3.63) is 29.8 Å². The van der Waals surface area contributed by atoms with Crippen LogP contribution in [0.1, 0.15) is 5.56 Å². The molecule has 0 amide bonds. The predicted octanol–water partition coefficient (Wildman–Crippen LogP) is 1.24. The number of hydrogen-bond acceptors (Lipinski definition) is 6. The first-order valence-corrected chi connectivity index (χ1v) is 6.94. The maximum Gasteiger partial charge on any atom is 0.325 e. The van der Waals surface area contributed by atoms with Crippen LogP contribution < -0.4 is 4.74 Å². The van der Waals surface area contributed by atoms with Crippen LogP contribution in [-0.2, 0) is 11.3 Å². The highest BCUT2D eigenvalue weighted by atomic mass is 32.2. The first kappa shape index (κ1) is 14.3. The molecule has 0 atom stereocenters. The van der Waals surface area contributed by atoms with Crippen molar-refractivity contribution in [3.8, 4) is 5.75 Å². The van der Waals surface area contributed by atoms with Gasteiger partial charge in [0.2, 0.25) is 5.16 Å². The summed E-state index contributed by atoms with van der Waals surface area (Å²) >= 11 is 1.36. The molecule has 0 spiro atoms. The summed E-state index contributed by atoms with van der Waals surface area (Å²) in [7, 11) is 0. The number of thioether (sulfide) groups is 1. The average molecular weight is 294 g/mol. The number of rotatable bonds is 7. The lowest BCUT2D eigenvalue weighted by Gasteiger charge is -2.08. The Balaban J connectivity index is 1.80. The van der Waals surface area contributed by atoms with Crippen molar-refractivity contribution in [1.29, 1.82) is 0 Å². The van der Waals surface area contributed by atoms with Gasteiger partial charge in [0, 0.05) is 5.75 Å². The fourth-order valence-electron chi connectivity index (χ4n) is 1.53. The summed E-state index contributed by atoms with van der Waals surface area (Å²) in [6.45, 7) is 2.24. The molecule has 106 valence electrons. The predicted molar refractivity (Wildman–Crippen MR) is 72.9 cm³/mol. The van der Waals surface area contributed by atoms with Gasteiger partial charge >= 0.3 is 5.97 Å². The second kappa shape index (κ2) is 6.90. The largest absolute Gasteiger partial charge is 0.492 e. The topological polar surface area (TPSA) is 90.1 Å². The highest BCUT2D eigenvalue weighted by Gasteiger charge is 2.09. The zero-order valence-corrected chi connectivity index (χ0v) is 11.7. The standard InChI is InChI=1S/C12H14N4O3S/c1-9-4-2-3-5-10(9)19-6-7-20-12-13-14-15-16(12)8-11(17)18/h2-5H,6-8H2,1H3,(H,17,18). The van der Waals surface area contributed by atoms with Gasteiger partial charge in [0.25, 0.3) is 0 Å². The fourth-order valence-corrected chi connectivity index (χ4v) is 2.22. The maximum absolute atomic E-state index is 10.6. The Bertz CT molecular complexity index is 588. The Hall–Kier alpha value is -2.09. The summed E-state index contributed by atoms with van der Waals surface area (Å²) in [6.07, 6.45) is 0. The Labute approximate surface area is 119 Å². The van der Waals surface area contributed by atoms with Crippen LogP contribution in [0.15, 0.2) is 29.4 Å². The Morgan fingerprint density at radius 1 is 1.45 bits per heavy atom. The number of aromatic nitrogens is 4. The fraction of sp³-hybridized carbons (Fsp3) is 0.333. The van der Waals surface area contributed by atoms with Crippen LogP contribution in [0.2, 0.25) is 0 Å². The molecule has 0 saturated heterocycles. The van der Waals surface area contributed by atoms with Gasteiger partial charge in [0.05, 0.1) is 6.61 Å². The summed E-state index contributed by atoms with van der Waals surface area (Å²) in [6, 6.07) is 7.77. The summed E-state index contributed by atoms with van der Waals surface area (Å²) < 4.78 is 6.89. The van der Waals surface area contributed by atoms with Crippen LogP contribution in [0, 0.1) is 6.92 Å². The lowest BCUT2D eigenvalue weighted by Crippen LogP contribution is -2.12. The third kappa shape index (κ3) is 3.95. The molecule has 0 radical (unpaired) electrons. The molecule has 1 aromatic carbocycles. The van der Waals surface area contributed by atoms with Gasteiger partial charge in [-0.2, -0.15) is 0 Å². The number of aryl methyl sites for hydroxylation is 1. The monoisotopic (exact) mass is 294 g/mol. The molecule has 1 aromatic heterocycles. The van der Waals surface area contributed by atoms with E-state index in [2.05, 4.69) is 15.5 Å². The summed E-state index contributed by atoms with van der Waals surface area (Å²) in [5.74, 6) is 0.502. The third-order valence-electron chi connectivity index (χ3n) is 2.45. The molecule has 20 heavy (non-hydrogen) atoms.